The van der Waals surface area contributed by atoms with E-state index in [1.54, 1.807) is 43.6 Å². The van der Waals surface area contributed by atoms with E-state index < -0.39 is 0 Å². The summed E-state index contributed by atoms with van der Waals surface area (Å²) in [4.78, 5) is 20.5. The van der Waals surface area contributed by atoms with Crippen LogP contribution >= 0.6 is 0 Å². The quantitative estimate of drug-likeness (QED) is 0.784. The van der Waals surface area contributed by atoms with Gasteiger partial charge in [-0.15, -0.1) is 0 Å². The molecule has 3 aromatic rings. The fraction of sp³-hybridized carbons (Fsp3) is 0.0625. The van der Waals surface area contributed by atoms with Crippen molar-refractivity contribution in [3.63, 3.8) is 0 Å². The van der Waals surface area contributed by atoms with Gasteiger partial charge in [0.15, 0.2) is 0 Å². The van der Waals surface area contributed by atoms with Crippen LogP contribution in [0.25, 0.3) is 10.9 Å². The average molecular weight is 281 g/mol. The maximum atomic E-state index is 13.2. The lowest BCUT2D eigenvalue weighted by Crippen LogP contribution is -2.14. The van der Waals surface area contributed by atoms with Gasteiger partial charge in [0.1, 0.15) is 5.82 Å². The SMILES string of the molecule is Cc1nc2cc(F)ccc2cc1C(=O)Nc1ccncc1. The van der Waals surface area contributed by atoms with Crippen molar-refractivity contribution in [3.05, 3.63) is 65.9 Å². The molecule has 2 heterocycles. The molecule has 0 saturated carbocycles. The average Bonchev–Trinajstić information content (AvgIpc) is 2.47. The maximum Gasteiger partial charge on any atom is 0.257 e. The first kappa shape index (κ1) is 13.2. The molecule has 0 saturated heterocycles. The third-order valence-corrected chi connectivity index (χ3v) is 3.15. The fourth-order valence-electron chi connectivity index (χ4n) is 2.10. The van der Waals surface area contributed by atoms with Crippen molar-refractivity contribution in [2.45, 2.75) is 6.92 Å². The number of aryl methyl sites for hydroxylation is 1. The van der Waals surface area contributed by atoms with E-state index in [1.165, 1.54) is 12.1 Å². The molecule has 0 unspecified atom stereocenters. The zero-order valence-electron chi connectivity index (χ0n) is 11.3. The standard InChI is InChI=1S/C16H12FN3O/c1-10-14(16(21)20-13-4-6-18-7-5-13)8-11-2-3-12(17)9-15(11)19-10/h2-9H,1H3,(H,18,20,21). The van der Waals surface area contributed by atoms with Gasteiger partial charge in [-0.3, -0.25) is 14.8 Å². The van der Waals surface area contributed by atoms with Gasteiger partial charge in [-0.1, -0.05) is 0 Å². The van der Waals surface area contributed by atoms with Gasteiger partial charge < -0.3 is 5.32 Å². The number of amides is 1. The van der Waals surface area contributed by atoms with Crippen molar-refractivity contribution in [2.24, 2.45) is 0 Å². The minimum Gasteiger partial charge on any atom is -0.322 e. The summed E-state index contributed by atoms with van der Waals surface area (Å²) in [5.74, 6) is -0.596. The molecule has 1 aromatic carbocycles. The Morgan fingerprint density at radius 2 is 1.90 bits per heavy atom. The second-order valence-electron chi connectivity index (χ2n) is 4.65. The van der Waals surface area contributed by atoms with Crippen molar-refractivity contribution in [1.82, 2.24) is 9.97 Å². The monoisotopic (exact) mass is 281 g/mol. The first-order chi connectivity index (χ1) is 10.1. The highest BCUT2D eigenvalue weighted by Gasteiger charge is 2.12. The molecule has 0 atom stereocenters. The number of halogens is 1. The number of nitrogens with zero attached hydrogens (tertiary/aromatic N) is 2. The van der Waals surface area contributed by atoms with Crippen LogP contribution in [0, 0.1) is 12.7 Å². The molecule has 2 aromatic heterocycles. The van der Waals surface area contributed by atoms with Crippen molar-refractivity contribution in [3.8, 4) is 0 Å². The number of hydrogen-bond donors (Lipinski definition) is 1. The molecule has 5 heteroatoms. The molecule has 3 rings (SSSR count). The predicted molar refractivity (Wildman–Crippen MR) is 78.6 cm³/mol. The Morgan fingerprint density at radius 3 is 2.67 bits per heavy atom. The Hall–Kier alpha value is -2.82. The van der Waals surface area contributed by atoms with Crippen molar-refractivity contribution < 1.29 is 9.18 Å². The molecule has 1 N–H and O–H groups in total. The second kappa shape index (κ2) is 5.28. The molecule has 0 bridgehead atoms. The van der Waals surface area contributed by atoms with E-state index in [-0.39, 0.29) is 11.7 Å². The third-order valence-electron chi connectivity index (χ3n) is 3.15. The summed E-state index contributed by atoms with van der Waals surface area (Å²) < 4.78 is 13.2. The number of aromatic nitrogens is 2. The molecule has 1 amide bonds. The highest BCUT2D eigenvalue weighted by Crippen LogP contribution is 2.19. The Bertz CT molecular complexity index is 818. The van der Waals surface area contributed by atoms with Crippen LogP contribution in [0.15, 0.2) is 48.8 Å². The van der Waals surface area contributed by atoms with Crippen LogP contribution in [-0.2, 0) is 0 Å². The maximum absolute atomic E-state index is 13.2. The van der Waals surface area contributed by atoms with E-state index in [0.29, 0.717) is 22.5 Å². The van der Waals surface area contributed by atoms with E-state index in [9.17, 15) is 9.18 Å². The lowest BCUT2D eigenvalue weighted by atomic mass is 10.1. The van der Waals surface area contributed by atoms with Crippen LogP contribution < -0.4 is 5.32 Å². The summed E-state index contributed by atoms with van der Waals surface area (Å²) in [5.41, 5.74) is 2.21. The molecule has 0 radical (unpaired) electrons. The molecule has 0 aliphatic carbocycles. The van der Waals surface area contributed by atoms with Gasteiger partial charge in [0.2, 0.25) is 0 Å². The number of anilines is 1. The van der Waals surface area contributed by atoms with E-state index in [2.05, 4.69) is 15.3 Å². The van der Waals surface area contributed by atoms with Gasteiger partial charge >= 0.3 is 0 Å². The summed E-state index contributed by atoms with van der Waals surface area (Å²) in [5, 5.41) is 3.51. The fourth-order valence-corrected chi connectivity index (χ4v) is 2.10. The predicted octanol–water partition coefficient (Wildman–Crippen LogP) is 3.33. The van der Waals surface area contributed by atoms with Crippen molar-refractivity contribution >= 4 is 22.5 Å². The van der Waals surface area contributed by atoms with Crippen LogP contribution in [0.3, 0.4) is 0 Å². The van der Waals surface area contributed by atoms with Gasteiger partial charge in [-0.25, -0.2) is 4.39 Å². The van der Waals surface area contributed by atoms with Crippen molar-refractivity contribution in [1.29, 1.82) is 0 Å². The van der Waals surface area contributed by atoms with Gasteiger partial charge in [-0.2, -0.15) is 0 Å². The zero-order chi connectivity index (χ0) is 14.8. The number of rotatable bonds is 2. The van der Waals surface area contributed by atoms with E-state index in [4.69, 9.17) is 0 Å². The molecular formula is C16H12FN3O. The summed E-state index contributed by atoms with van der Waals surface area (Å²) in [6.07, 6.45) is 3.20. The number of carbonyl (C=O) groups is 1. The molecule has 0 aliphatic heterocycles. The van der Waals surface area contributed by atoms with Crippen LogP contribution in [0.4, 0.5) is 10.1 Å². The topological polar surface area (TPSA) is 54.9 Å². The zero-order valence-corrected chi connectivity index (χ0v) is 11.3. The minimum absolute atomic E-state index is 0.252. The molecular weight excluding hydrogens is 269 g/mol. The molecule has 21 heavy (non-hydrogen) atoms. The van der Waals surface area contributed by atoms with Gasteiger partial charge in [-0.05, 0) is 37.3 Å². The molecule has 0 spiro atoms. The summed E-state index contributed by atoms with van der Waals surface area (Å²) in [7, 11) is 0. The lowest BCUT2D eigenvalue weighted by molar-refractivity contribution is 0.102. The lowest BCUT2D eigenvalue weighted by Gasteiger charge is -2.08. The Morgan fingerprint density at radius 1 is 1.14 bits per heavy atom. The highest BCUT2D eigenvalue weighted by atomic mass is 19.1. The van der Waals surface area contributed by atoms with Crippen LogP contribution in [0.1, 0.15) is 16.1 Å². The first-order valence-electron chi connectivity index (χ1n) is 6.42. The molecule has 0 fully saturated rings. The summed E-state index contributed by atoms with van der Waals surface area (Å²) in [6, 6.07) is 9.44. The molecule has 0 aliphatic rings. The van der Waals surface area contributed by atoms with Crippen LogP contribution in [0.5, 0.6) is 0 Å². The van der Waals surface area contributed by atoms with Gasteiger partial charge in [0.05, 0.1) is 16.8 Å². The normalized spacial score (nSPS) is 10.6. The minimum atomic E-state index is -0.344. The van der Waals surface area contributed by atoms with Gasteiger partial charge in [0.25, 0.3) is 5.91 Å². The van der Waals surface area contributed by atoms with Gasteiger partial charge in [0, 0.05) is 29.5 Å². The molecule has 104 valence electrons. The number of benzene rings is 1. The van der Waals surface area contributed by atoms with E-state index >= 15 is 0 Å². The Kier molecular flexibility index (Phi) is 3.31. The smallest absolute Gasteiger partial charge is 0.257 e. The highest BCUT2D eigenvalue weighted by molar-refractivity contribution is 6.06. The van der Waals surface area contributed by atoms with Crippen LogP contribution in [-0.4, -0.2) is 15.9 Å². The first-order valence-corrected chi connectivity index (χ1v) is 6.42. The van der Waals surface area contributed by atoms with E-state index in [1.807, 2.05) is 0 Å². The Balaban J connectivity index is 1.98. The summed E-state index contributed by atoms with van der Waals surface area (Å²) in [6.45, 7) is 1.73. The number of carbonyl (C=O) groups excluding carboxylic acids is 1. The number of pyridine rings is 2. The van der Waals surface area contributed by atoms with Crippen molar-refractivity contribution in [2.75, 3.05) is 5.32 Å². The largest absolute Gasteiger partial charge is 0.322 e. The van der Waals surface area contributed by atoms with Crippen LogP contribution in [0.2, 0.25) is 0 Å². The molecule has 4 nitrogen and oxygen atoms in total. The number of nitrogens with one attached hydrogen (secondary N) is 1. The number of hydrogen-bond acceptors (Lipinski definition) is 3. The summed E-state index contributed by atoms with van der Waals surface area (Å²) >= 11 is 0. The Labute approximate surface area is 120 Å². The third kappa shape index (κ3) is 2.72. The van der Waals surface area contributed by atoms with E-state index in [0.717, 1.165) is 5.39 Å². The second-order valence-corrected chi connectivity index (χ2v) is 4.65. The number of fused-ring (bicyclic) bond motifs is 1.